The van der Waals surface area contributed by atoms with E-state index in [0.717, 1.165) is 13.1 Å². The van der Waals surface area contributed by atoms with Gasteiger partial charge in [0.15, 0.2) is 0 Å². The lowest BCUT2D eigenvalue weighted by Gasteiger charge is -2.17. The molecule has 0 aromatic carbocycles. The molecule has 16 heavy (non-hydrogen) atoms. The van der Waals surface area contributed by atoms with Crippen LogP contribution in [0.4, 0.5) is 0 Å². The van der Waals surface area contributed by atoms with Crippen LogP contribution in [0.3, 0.4) is 0 Å². The van der Waals surface area contributed by atoms with E-state index in [1.165, 1.54) is 68.4 Å². The molecule has 0 unspecified atom stereocenters. The third-order valence-corrected chi connectivity index (χ3v) is 4.17. The molecule has 10 heteroatoms. The van der Waals surface area contributed by atoms with Crippen LogP contribution in [-0.4, -0.2) is 70.3 Å². The van der Waals surface area contributed by atoms with Crippen LogP contribution in [0.1, 0.15) is 20.8 Å². The van der Waals surface area contributed by atoms with Crippen LogP contribution in [0.15, 0.2) is 0 Å². The topological polar surface area (TPSA) is 0 Å². The fourth-order valence-electron chi connectivity index (χ4n) is 2.92. The Hall–Kier alpha value is 0.649. The predicted molar refractivity (Wildman–Crippen MR) is 102 cm³/mol. The van der Waals surface area contributed by atoms with Crippen molar-refractivity contribution in [3.05, 3.63) is 0 Å². The van der Waals surface area contributed by atoms with Crippen molar-refractivity contribution in [3.63, 3.8) is 0 Å². The SMILES string of the molecule is BBBBBBBBB(CC)B(CC)CC. The minimum atomic E-state index is 0.987. The number of hydrogen-bond donors (Lipinski definition) is 0. The molecule has 0 fully saturated rings. The quantitative estimate of drug-likeness (QED) is 0.244. The molecule has 0 bridgehead atoms. The first-order valence-electron chi connectivity index (χ1n) is 7.79. The van der Waals surface area contributed by atoms with Crippen LogP contribution in [0.5, 0.6) is 0 Å². The van der Waals surface area contributed by atoms with Crippen LogP contribution >= 0.6 is 0 Å². The summed E-state index contributed by atoms with van der Waals surface area (Å²) >= 11 is 0. The molecule has 0 atom stereocenters. The Morgan fingerprint density at radius 3 is 1.88 bits per heavy atom. The van der Waals surface area contributed by atoms with Crippen molar-refractivity contribution in [2.45, 2.75) is 39.7 Å². The monoisotopic (exact) mass is 206 g/mol. The lowest BCUT2D eigenvalue weighted by Crippen LogP contribution is -2.44. The first-order chi connectivity index (χ1) is 7.79. The van der Waals surface area contributed by atoms with Crippen LogP contribution in [0.2, 0.25) is 19.0 Å². The number of hydrogen-bond acceptors (Lipinski definition) is 0. The van der Waals surface area contributed by atoms with Gasteiger partial charge < -0.3 is 0 Å². The van der Waals surface area contributed by atoms with Crippen molar-refractivity contribution >= 4 is 70.3 Å². The maximum absolute atomic E-state index is 2.38. The molecule has 0 heterocycles. The Kier molecular flexibility index (Phi) is 12.6. The van der Waals surface area contributed by atoms with Gasteiger partial charge in [-0.1, -0.05) is 39.7 Å². The average molecular weight is 204 g/mol. The van der Waals surface area contributed by atoms with Gasteiger partial charge in [-0.15, -0.1) is 0 Å². The highest BCUT2D eigenvalue weighted by Gasteiger charge is 2.22. The van der Waals surface area contributed by atoms with Gasteiger partial charge in [0.25, 0.3) is 0 Å². The summed E-state index contributed by atoms with van der Waals surface area (Å²) in [4.78, 5) is 0. The summed E-state index contributed by atoms with van der Waals surface area (Å²) in [5.74, 6) is 0. The Morgan fingerprint density at radius 2 is 1.38 bits per heavy atom. The molecular weight excluding hydrogens is 180 g/mol. The molecule has 0 aliphatic rings. The minimum Gasteiger partial charge on any atom is -0.0911 e. The van der Waals surface area contributed by atoms with E-state index in [9.17, 15) is 0 Å². The van der Waals surface area contributed by atoms with E-state index < -0.39 is 0 Å². The molecule has 0 saturated heterocycles. The Balaban J connectivity index is 3.54. The zero-order valence-electron chi connectivity index (χ0n) is 12.2. The molecule has 0 nitrogen and oxygen atoms in total. The molecular formula is C6H24B10. The van der Waals surface area contributed by atoms with Crippen LogP contribution in [0.25, 0.3) is 0 Å². The third-order valence-electron chi connectivity index (χ3n) is 4.17. The summed E-state index contributed by atoms with van der Waals surface area (Å²) in [5.41, 5.74) is 0. The van der Waals surface area contributed by atoms with Crippen molar-refractivity contribution in [3.8, 4) is 0 Å². The minimum absolute atomic E-state index is 0.987. The van der Waals surface area contributed by atoms with E-state index in [1.807, 2.05) is 0 Å². The van der Waals surface area contributed by atoms with Gasteiger partial charge in [0.1, 0.15) is 0 Å². The van der Waals surface area contributed by atoms with E-state index in [-0.39, 0.29) is 0 Å². The van der Waals surface area contributed by atoms with Crippen LogP contribution < -0.4 is 0 Å². The molecule has 0 spiro atoms. The van der Waals surface area contributed by atoms with Crippen molar-refractivity contribution in [2.24, 2.45) is 0 Å². The molecule has 78 valence electrons. The van der Waals surface area contributed by atoms with E-state index in [4.69, 9.17) is 0 Å². The highest BCUT2D eigenvalue weighted by atomic mass is 13.6. The second-order valence-electron chi connectivity index (χ2n) is 5.30. The van der Waals surface area contributed by atoms with Gasteiger partial charge in [-0.2, -0.15) is 0 Å². The maximum atomic E-state index is 2.38. The second-order valence-corrected chi connectivity index (χ2v) is 5.30. The number of rotatable bonds is 11. The normalized spacial score (nSPS) is 8.69. The summed E-state index contributed by atoms with van der Waals surface area (Å²) in [7, 11) is 12.4. The van der Waals surface area contributed by atoms with Gasteiger partial charge in [-0.3, -0.25) is 0 Å². The summed E-state index contributed by atoms with van der Waals surface area (Å²) in [6.07, 6.45) is 4.15. The molecule has 0 aromatic heterocycles. The molecule has 0 saturated carbocycles. The predicted octanol–water partition coefficient (Wildman–Crippen LogP) is -3.30. The highest BCUT2D eigenvalue weighted by molar-refractivity contribution is 7.71. The zero-order chi connectivity index (χ0) is 12.2. The van der Waals surface area contributed by atoms with Crippen molar-refractivity contribution in [2.75, 3.05) is 0 Å². The summed E-state index contributed by atoms with van der Waals surface area (Å²) in [5, 5.41) is 0. The van der Waals surface area contributed by atoms with Gasteiger partial charge in [-0.25, -0.2) is 0 Å². The third kappa shape index (κ3) is 7.85. The molecule has 0 aliphatic heterocycles. The molecule has 0 rings (SSSR count). The van der Waals surface area contributed by atoms with E-state index in [2.05, 4.69) is 28.5 Å². The zero-order valence-corrected chi connectivity index (χ0v) is 12.2. The molecule has 0 aliphatic carbocycles. The lowest BCUT2D eigenvalue weighted by molar-refractivity contribution is 1.33. The van der Waals surface area contributed by atoms with Crippen molar-refractivity contribution < 1.29 is 0 Å². The Bertz CT molecular complexity index is 139. The lowest BCUT2D eigenvalue weighted by atomic mass is 8.81. The summed E-state index contributed by atoms with van der Waals surface area (Å²) in [6.45, 7) is 9.08. The van der Waals surface area contributed by atoms with Gasteiger partial charge in [0, 0.05) is 49.4 Å². The fourth-order valence-corrected chi connectivity index (χ4v) is 2.92. The molecule has 0 radical (unpaired) electrons. The van der Waals surface area contributed by atoms with E-state index >= 15 is 0 Å². The maximum Gasteiger partial charge on any atom is 0.0993 e. The second kappa shape index (κ2) is 12.1. The largest absolute Gasteiger partial charge is 0.0993 e. The standard InChI is InChI=1S/C6H24B10/c1-4-15(5-2)16(6-3)14-13-12-11-10-9-8-7/h8-14H,4-7H2,1-3H3. The molecule has 0 N–H and O–H groups in total. The van der Waals surface area contributed by atoms with Crippen LogP contribution in [0, 0.1) is 0 Å². The first kappa shape index (κ1) is 16.6. The first-order valence-corrected chi connectivity index (χ1v) is 7.79. The van der Waals surface area contributed by atoms with Crippen molar-refractivity contribution in [1.82, 2.24) is 0 Å². The highest BCUT2D eigenvalue weighted by Crippen LogP contribution is 2.05. The Labute approximate surface area is 110 Å². The summed E-state index contributed by atoms with van der Waals surface area (Å²) < 4.78 is 0. The average Bonchev–Trinajstić information content (AvgIpc) is 2.32. The fraction of sp³-hybridized carbons (Fsp3) is 1.00. The summed E-state index contributed by atoms with van der Waals surface area (Å²) in [6, 6.07) is 0. The molecule has 0 aromatic rings. The smallest absolute Gasteiger partial charge is 0.0911 e. The van der Waals surface area contributed by atoms with Gasteiger partial charge >= 0.3 is 0 Å². The van der Waals surface area contributed by atoms with E-state index in [1.54, 1.807) is 0 Å². The van der Waals surface area contributed by atoms with Crippen molar-refractivity contribution in [1.29, 1.82) is 0 Å². The molecule has 0 amide bonds. The van der Waals surface area contributed by atoms with Gasteiger partial charge in [0.05, 0.1) is 20.8 Å². The Morgan fingerprint density at radius 1 is 0.812 bits per heavy atom. The van der Waals surface area contributed by atoms with E-state index in [0.29, 0.717) is 0 Å². The van der Waals surface area contributed by atoms with Crippen LogP contribution in [-0.2, 0) is 0 Å². The van der Waals surface area contributed by atoms with Gasteiger partial charge in [0.2, 0.25) is 0 Å². The van der Waals surface area contributed by atoms with Gasteiger partial charge in [-0.05, 0) is 0 Å².